The summed E-state index contributed by atoms with van der Waals surface area (Å²) in [7, 11) is 0. The van der Waals surface area contributed by atoms with E-state index >= 15 is 0 Å². The quantitative estimate of drug-likeness (QED) is 0.553. The molecule has 0 amide bonds. The van der Waals surface area contributed by atoms with Crippen LogP contribution in [0.3, 0.4) is 0 Å². The molecule has 0 bridgehead atoms. The van der Waals surface area contributed by atoms with E-state index in [9.17, 15) is 13.2 Å². The minimum absolute atomic E-state index is 0.117. The van der Waals surface area contributed by atoms with Crippen molar-refractivity contribution in [2.75, 3.05) is 50.8 Å². The third-order valence-electron chi connectivity index (χ3n) is 5.54. The van der Waals surface area contributed by atoms with Gasteiger partial charge in [-0.05, 0) is 48.9 Å². The van der Waals surface area contributed by atoms with E-state index in [0.717, 1.165) is 50.6 Å². The number of benzene rings is 2. The summed E-state index contributed by atoms with van der Waals surface area (Å²) < 4.78 is 51.7. The van der Waals surface area contributed by atoms with Crippen LogP contribution in [0, 0.1) is 0 Å². The molecule has 0 N–H and O–H groups in total. The predicted octanol–water partition coefficient (Wildman–Crippen LogP) is 4.59. The van der Waals surface area contributed by atoms with E-state index in [1.807, 2.05) is 31.2 Å². The zero-order chi connectivity index (χ0) is 22.6. The van der Waals surface area contributed by atoms with Gasteiger partial charge in [-0.3, -0.25) is 4.90 Å². The lowest BCUT2D eigenvalue weighted by atomic mass is 10.2. The topological polar surface area (TPSA) is 37.5 Å². The van der Waals surface area contributed by atoms with Crippen molar-refractivity contribution in [2.45, 2.75) is 18.9 Å². The number of alkyl halides is 3. The zero-order valence-electron chi connectivity index (χ0n) is 18.0. The van der Waals surface area contributed by atoms with Crippen molar-refractivity contribution in [3.05, 3.63) is 60.2 Å². The summed E-state index contributed by atoms with van der Waals surface area (Å²) in [5, 5.41) is 0. The molecule has 0 unspecified atom stereocenters. The highest BCUT2D eigenvalue weighted by Gasteiger charge is 2.40. The first-order valence-electron chi connectivity index (χ1n) is 10.6. The Balaban J connectivity index is 1.19. The zero-order valence-corrected chi connectivity index (χ0v) is 18.0. The maximum absolute atomic E-state index is 12.2. The van der Waals surface area contributed by atoms with Crippen LogP contribution in [-0.4, -0.2) is 62.8 Å². The lowest BCUT2D eigenvalue weighted by Crippen LogP contribution is -2.46. The van der Waals surface area contributed by atoms with E-state index < -0.39 is 6.36 Å². The molecule has 4 rings (SSSR count). The molecule has 2 aliphatic heterocycles. The SMILES string of the molecule is C[C@]1(COc2ccc(N3CCN(C/C=C/c4ccc(OC(F)(F)F)cc4)CC3)cc2)CO1. The summed E-state index contributed by atoms with van der Waals surface area (Å²) in [4.78, 5) is 4.70. The molecule has 5 nitrogen and oxygen atoms in total. The number of hydrogen-bond donors (Lipinski definition) is 0. The molecule has 0 radical (unpaired) electrons. The fourth-order valence-electron chi connectivity index (χ4n) is 3.50. The van der Waals surface area contributed by atoms with Gasteiger partial charge in [-0.2, -0.15) is 0 Å². The van der Waals surface area contributed by atoms with Crippen LogP contribution in [0.25, 0.3) is 6.08 Å². The molecule has 0 spiro atoms. The molecule has 0 aromatic heterocycles. The Morgan fingerprint density at radius 1 is 0.969 bits per heavy atom. The van der Waals surface area contributed by atoms with Crippen LogP contribution in [0.4, 0.5) is 18.9 Å². The number of piperazine rings is 1. The van der Waals surface area contributed by atoms with Gasteiger partial charge in [0, 0.05) is 38.4 Å². The van der Waals surface area contributed by atoms with Crippen molar-refractivity contribution in [1.82, 2.24) is 4.90 Å². The number of anilines is 1. The molecule has 32 heavy (non-hydrogen) atoms. The minimum atomic E-state index is -4.67. The van der Waals surface area contributed by atoms with Gasteiger partial charge in [-0.15, -0.1) is 13.2 Å². The van der Waals surface area contributed by atoms with E-state index in [4.69, 9.17) is 9.47 Å². The fourth-order valence-corrected chi connectivity index (χ4v) is 3.50. The third-order valence-corrected chi connectivity index (χ3v) is 5.54. The van der Waals surface area contributed by atoms with Crippen molar-refractivity contribution in [3.8, 4) is 11.5 Å². The van der Waals surface area contributed by atoms with E-state index in [2.05, 4.69) is 26.7 Å². The Bertz CT molecular complexity index is 902. The van der Waals surface area contributed by atoms with Crippen molar-refractivity contribution >= 4 is 11.8 Å². The van der Waals surface area contributed by atoms with E-state index in [1.54, 1.807) is 12.1 Å². The Hall–Kier alpha value is -2.71. The van der Waals surface area contributed by atoms with Gasteiger partial charge in [-0.25, -0.2) is 0 Å². The van der Waals surface area contributed by atoms with Crippen LogP contribution < -0.4 is 14.4 Å². The number of epoxide rings is 1. The van der Waals surface area contributed by atoms with Gasteiger partial charge in [0.2, 0.25) is 0 Å². The molecular weight excluding hydrogens is 421 g/mol. The second-order valence-electron chi connectivity index (χ2n) is 8.33. The second-order valence-corrected chi connectivity index (χ2v) is 8.33. The number of ether oxygens (including phenoxy) is 3. The van der Waals surface area contributed by atoms with Gasteiger partial charge < -0.3 is 19.1 Å². The summed E-state index contributed by atoms with van der Waals surface area (Å²) in [6, 6.07) is 14.1. The molecule has 0 aliphatic carbocycles. The van der Waals surface area contributed by atoms with Crippen molar-refractivity contribution in [2.24, 2.45) is 0 Å². The van der Waals surface area contributed by atoms with Gasteiger partial charge in [0.05, 0.1) is 6.61 Å². The number of nitrogens with zero attached hydrogens (tertiary/aromatic N) is 2. The van der Waals surface area contributed by atoms with Crippen LogP contribution in [0.5, 0.6) is 11.5 Å². The van der Waals surface area contributed by atoms with Crippen molar-refractivity contribution in [1.29, 1.82) is 0 Å². The summed E-state index contributed by atoms with van der Waals surface area (Å²) in [5.74, 6) is 0.642. The van der Waals surface area contributed by atoms with Gasteiger partial charge in [0.15, 0.2) is 0 Å². The molecule has 2 heterocycles. The first-order chi connectivity index (χ1) is 15.3. The average Bonchev–Trinajstić information content (AvgIpc) is 3.51. The number of hydrogen-bond acceptors (Lipinski definition) is 5. The maximum atomic E-state index is 12.2. The highest BCUT2D eigenvalue weighted by atomic mass is 19.4. The number of halogens is 3. The molecule has 2 fully saturated rings. The normalized spacial score (nSPS) is 21.7. The van der Waals surface area contributed by atoms with Crippen LogP contribution in [-0.2, 0) is 4.74 Å². The van der Waals surface area contributed by atoms with E-state index in [-0.39, 0.29) is 11.4 Å². The first-order valence-corrected chi connectivity index (χ1v) is 10.6. The fraction of sp³-hybridized carbons (Fsp3) is 0.417. The average molecular weight is 448 g/mol. The van der Waals surface area contributed by atoms with Crippen molar-refractivity contribution in [3.63, 3.8) is 0 Å². The lowest BCUT2D eigenvalue weighted by molar-refractivity contribution is -0.274. The molecule has 2 saturated heterocycles. The molecular formula is C24H27F3N2O3. The standard InChI is InChI=1S/C24H27F3N2O3/c1-23(18-31-23)17-30-21-10-6-20(7-11-21)29-15-13-28(14-16-29)12-2-3-19-4-8-22(9-5-19)32-24(25,26)27/h2-11H,12-18H2,1H3/b3-2+/t23-/m0/s1. The monoisotopic (exact) mass is 448 g/mol. The van der Waals surface area contributed by atoms with Gasteiger partial charge in [0.1, 0.15) is 23.7 Å². The van der Waals surface area contributed by atoms with Crippen molar-refractivity contribution < 1.29 is 27.4 Å². The van der Waals surface area contributed by atoms with Crippen LogP contribution in [0.1, 0.15) is 12.5 Å². The molecule has 172 valence electrons. The molecule has 2 aromatic carbocycles. The molecule has 0 saturated carbocycles. The molecule has 8 heteroatoms. The Kier molecular flexibility index (Phi) is 6.62. The van der Waals surface area contributed by atoms with Crippen LogP contribution in [0.15, 0.2) is 54.6 Å². The Morgan fingerprint density at radius 2 is 1.59 bits per heavy atom. The minimum Gasteiger partial charge on any atom is -0.491 e. The first kappa shape index (κ1) is 22.5. The summed E-state index contributed by atoms with van der Waals surface area (Å²) >= 11 is 0. The van der Waals surface area contributed by atoms with E-state index in [1.165, 1.54) is 17.8 Å². The molecule has 1 atom stereocenters. The second kappa shape index (κ2) is 9.42. The highest BCUT2D eigenvalue weighted by molar-refractivity contribution is 5.51. The summed E-state index contributed by atoms with van der Waals surface area (Å²) in [5.41, 5.74) is 1.90. The summed E-state index contributed by atoms with van der Waals surface area (Å²) in [6.07, 6.45) is -0.722. The van der Waals surface area contributed by atoms with E-state index in [0.29, 0.717) is 6.61 Å². The van der Waals surface area contributed by atoms with Crippen LogP contribution >= 0.6 is 0 Å². The third kappa shape index (κ3) is 6.64. The Morgan fingerprint density at radius 3 is 2.19 bits per heavy atom. The largest absolute Gasteiger partial charge is 0.573 e. The smallest absolute Gasteiger partial charge is 0.491 e. The summed E-state index contributed by atoms with van der Waals surface area (Å²) in [6.45, 7) is 7.92. The molecule has 2 aliphatic rings. The predicted molar refractivity (Wildman–Crippen MR) is 117 cm³/mol. The maximum Gasteiger partial charge on any atom is 0.573 e. The highest BCUT2D eigenvalue weighted by Crippen LogP contribution is 2.28. The van der Waals surface area contributed by atoms with Gasteiger partial charge in [0.25, 0.3) is 0 Å². The molecule has 2 aromatic rings. The van der Waals surface area contributed by atoms with Gasteiger partial charge >= 0.3 is 6.36 Å². The van der Waals surface area contributed by atoms with Crippen LogP contribution in [0.2, 0.25) is 0 Å². The number of rotatable bonds is 8. The lowest BCUT2D eigenvalue weighted by Gasteiger charge is -2.35. The van der Waals surface area contributed by atoms with Gasteiger partial charge in [-0.1, -0.05) is 24.3 Å². The Labute approximate surface area is 186 Å².